The standard InChI is InChI=1S/C17H20N2O5/c20-16(18-11-5-1-2-6-12-18)13-24-17(21)10-9-14-7-3-4-8-15(14)19(22)23/h3-4,7-10H,1-2,5-6,11-13H2/b10-9+. The van der Waals surface area contributed by atoms with Crippen molar-refractivity contribution in [3.63, 3.8) is 0 Å². The topological polar surface area (TPSA) is 89.7 Å². The number of esters is 1. The van der Waals surface area contributed by atoms with Gasteiger partial charge >= 0.3 is 5.97 Å². The molecule has 0 N–H and O–H groups in total. The Morgan fingerprint density at radius 3 is 2.50 bits per heavy atom. The maximum Gasteiger partial charge on any atom is 0.331 e. The van der Waals surface area contributed by atoms with Crippen molar-refractivity contribution in [2.45, 2.75) is 25.7 Å². The van der Waals surface area contributed by atoms with E-state index in [1.807, 2.05) is 0 Å². The van der Waals surface area contributed by atoms with Crippen LogP contribution < -0.4 is 0 Å². The third-order valence-corrected chi connectivity index (χ3v) is 3.83. The second-order valence-electron chi connectivity index (χ2n) is 5.55. The van der Waals surface area contributed by atoms with Gasteiger partial charge < -0.3 is 9.64 Å². The van der Waals surface area contributed by atoms with Crippen LogP contribution in [0.3, 0.4) is 0 Å². The number of hydrogen-bond acceptors (Lipinski definition) is 5. The number of para-hydroxylation sites is 1. The Kier molecular flexibility index (Phi) is 6.48. The normalized spacial score (nSPS) is 15.1. The summed E-state index contributed by atoms with van der Waals surface area (Å²) in [7, 11) is 0. The summed E-state index contributed by atoms with van der Waals surface area (Å²) < 4.78 is 4.93. The van der Waals surface area contributed by atoms with Gasteiger partial charge in [-0.15, -0.1) is 0 Å². The number of hydrogen-bond donors (Lipinski definition) is 0. The van der Waals surface area contributed by atoms with E-state index in [2.05, 4.69) is 0 Å². The van der Waals surface area contributed by atoms with Crippen molar-refractivity contribution in [1.29, 1.82) is 0 Å². The lowest BCUT2D eigenvalue weighted by Gasteiger charge is -2.19. The molecule has 1 fully saturated rings. The molecule has 1 aliphatic heterocycles. The van der Waals surface area contributed by atoms with Crippen LogP contribution >= 0.6 is 0 Å². The number of rotatable bonds is 5. The Labute approximate surface area is 140 Å². The first kappa shape index (κ1) is 17.7. The zero-order valence-corrected chi connectivity index (χ0v) is 13.3. The molecule has 7 nitrogen and oxygen atoms in total. The van der Waals surface area contributed by atoms with Gasteiger partial charge in [-0.05, 0) is 25.0 Å². The smallest absolute Gasteiger partial charge is 0.331 e. The minimum Gasteiger partial charge on any atom is -0.452 e. The predicted octanol–water partition coefficient (Wildman–Crippen LogP) is 2.55. The first-order valence-electron chi connectivity index (χ1n) is 7.94. The van der Waals surface area contributed by atoms with Crippen molar-refractivity contribution in [2.24, 2.45) is 0 Å². The first-order chi connectivity index (χ1) is 11.6. The summed E-state index contributed by atoms with van der Waals surface area (Å²) in [4.78, 5) is 35.8. The van der Waals surface area contributed by atoms with E-state index in [0.29, 0.717) is 18.7 Å². The highest BCUT2D eigenvalue weighted by Crippen LogP contribution is 2.18. The number of carbonyl (C=O) groups excluding carboxylic acids is 2. The molecule has 0 bridgehead atoms. The van der Waals surface area contributed by atoms with Crippen molar-refractivity contribution in [3.05, 3.63) is 46.0 Å². The predicted molar refractivity (Wildman–Crippen MR) is 88.1 cm³/mol. The molecule has 1 aromatic carbocycles. The van der Waals surface area contributed by atoms with E-state index in [0.717, 1.165) is 31.8 Å². The molecule has 0 spiro atoms. The van der Waals surface area contributed by atoms with Gasteiger partial charge in [0, 0.05) is 25.2 Å². The van der Waals surface area contributed by atoms with Gasteiger partial charge in [0.1, 0.15) is 0 Å². The molecule has 1 amide bonds. The highest BCUT2D eigenvalue weighted by molar-refractivity contribution is 5.89. The maximum absolute atomic E-state index is 12.0. The average Bonchev–Trinajstić information content (AvgIpc) is 2.87. The molecule has 0 saturated carbocycles. The fraction of sp³-hybridized carbons (Fsp3) is 0.412. The van der Waals surface area contributed by atoms with Crippen LogP contribution in [0.1, 0.15) is 31.2 Å². The lowest BCUT2D eigenvalue weighted by atomic mass is 10.1. The Morgan fingerprint density at radius 1 is 1.17 bits per heavy atom. The quantitative estimate of drug-likeness (QED) is 0.358. The van der Waals surface area contributed by atoms with Crippen molar-refractivity contribution in [2.75, 3.05) is 19.7 Å². The second kappa shape index (κ2) is 8.81. The number of ether oxygens (including phenoxy) is 1. The molecule has 1 saturated heterocycles. The third-order valence-electron chi connectivity index (χ3n) is 3.83. The van der Waals surface area contributed by atoms with Gasteiger partial charge in [0.15, 0.2) is 6.61 Å². The van der Waals surface area contributed by atoms with Crippen LogP contribution in [0, 0.1) is 10.1 Å². The van der Waals surface area contributed by atoms with E-state index >= 15 is 0 Å². The summed E-state index contributed by atoms with van der Waals surface area (Å²) in [5, 5.41) is 10.9. The van der Waals surface area contributed by atoms with Crippen LogP contribution in [-0.2, 0) is 14.3 Å². The molecule has 1 aliphatic rings. The summed E-state index contributed by atoms with van der Waals surface area (Å²) in [6.07, 6.45) is 6.58. The van der Waals surface area contributed by atoms with Crippen molar-refractivity contribution >= 4 is 23.6 Å². The van der Waals surface area contributed by atoms with Crippen molar-refractivity contribution in [3.8, 4) is 0 Å². The molecule has 2 rings (SSSR count). The highest BCUT2D eigenvalue weighted by Gasteiger charge is 2.16. The zero-order chi connectivity index (χ0) is 17.4. The van der Waals surface area contributed by atoms with Crippen molar-refractivity contribution < 1.29 is 19.2 Å². The van der Waals surface area contributed by atoms with Crippen LogP contribution in [0.15, 0.2) is 30.3 Å². The fourth-order valence-electron chi connectivity index (χ4n) is 2.54. The number of carbonyl (C=O) groups is 2. The van der Waals surface area contributed by atoms with Crippen molar-refractivity contribution in [1.82, 2.24) is 4.90 Å². The molecule has 1 aromatic rings. The van der Waals surface area contributed by atoms with Crippen LogP contribution in [0.2, 0.25) is 0 Å². The molecule has 0 atom stereocenters. The van der Waals surface area contributed by atoms with E-state index in [-0.39, 0.29) is 18.2 Å². The minimum absolute atomic E-state index is 0.0952. The molecule has 1 heterocycles. The second-order valence-corrected chi connectivity index (χ2v) is 5.55. The summed E-state index contributed by atoms with van der Waals surface area (Å²) in [5.41, 5.74) is 0.209. The highest BCUT2D eigenvalue weighted by atomic mass is 16.6. The fourth-order valence-corrected chi connectivity index (χ4v) is 2.54. The van der Waals surface area contributed by atoms with Crippen LogP contribution in [0.5, 0.6) is 0 Å². The number of benzene rings is 1. The summed E-state index contributed by atoms with van der Waals surface area (Å²) in [5.74, 6) is -0.902. The van der Waals surface area contributed by atoms with Gasteiger partial charge in [-0.25, -0.2) is 4.79 Å². The maximum atomic E-state index is 12.0. The largest absolute Gasteiger partial charge is 0.452 e. The molecular weight excluding hydrogens is 312 g/mol. The average molecular weight is 332 g/mol. The van der Waals surface area contributed by atoms with Gasteiger partial charge in [0.25, 0.3) is 11.6 Å². The zero-order valence-electron chi connectivity index (χ0n) is 13.3. The Hall–Kier alpha value is -2.70. The Morgan fingerprint density at radius 2 is 1.83 bits per heavy atom. The first-order valence-corrected chi connectivity index (χ1v) is 7.94. The molecule has 24 heavy (non-hydrogen) atoms. The number of likely N-dealkylation sites (tertiary alicyclic amines) is 1. The van der Waals surface area contributed by atoms with Crippen LogP contribution in [-0.4, -0.2) is 41.4 Å². The van der Waals surface area contributed by atoms with E-state index in [1.54, 1.807) is 17.0 Å². The Balaban J connectivity index is 1.87. The number of amides is 1. The van der Waals surface area contributed by atoms with Gasteiger partial charge in [-0.1, -0.05) is 25.0 Å². The summed E-state index contributed by atoms with van der Waals surface area (Å²) in [6, 6.07) is 6.08. The number of nitro groups is 1. The van der Waals surface area contributed by atoms with Gasteiger partial charge in [0.2, 0.25) is 0 Å². The van der Waals surface area contributed by atoms with E-state index in [9.17, 15) is 19.7 Å². The van der Waals surface area contributed by atoms with Gasteiger partial charge in [0.05, 0.1) is 10.5 Å². The monoisotopic (exact) mass is 332 g/mol. The SMILES string of the molecule is O=C(/C=C/c1ccccc1[N+](=O)[O-])OCC(=O)N1CCCCCC1. The molecule has 128 valence electrons. The van der Waals surface area contributed by atoms with E-state index < -0.39 is 10.9 Å². The molecule has 0 aromatic heterocycles. The molecule has 0 aliphatic carbocycles. The number of nitrogens with zero attached hydrogens (tertiary/aromatic N) is 2. The van der Waals surface area contributed by atoms with Gasteiger partial charge in [-0.2, -0.15) is 0 Å². The molecule has 7 heteroatoms. The third kappa shape index (κ3) is 5.19. The molecule has 0 radical (unpaired) electrons. The Bertz CT molecular complexity index is 634. The molecule has 0 unspecified atom stereocenters. The minimum atomic E-state index is -0.698. The summed E-state index contributed by atoms with van der Waals surface area (Å²) in [6.45, 7) is 1.09. The van der Waals surface area contributed by atoms with E-state index in [1.165, 1.54) is 18.2 Å². The van der Waals surface area contributed by atoms with Crippen LogP contribution in [0.25, 0.3) is 6.08 Å². The van der Waals surface area contributed by atoms with Gasteiger partial charge in [-0.3, -0.25) is 14.9 Å². The van der Waals surface area contributed by atoms with E-state index in [4.69, 9.17) is 4.74 Å². The lowest BCUT2D eigenvalue weighted by molar-refractivity contribution is -0.385. The lowest BCUT2D eigenvalue weighted by Crippen LogP contribution is -2.35. The molecular formula is C17H20N2O5. The summed E-state index contributed by atoms with van der Waals surface area (Å²) >= 11 is 0. The van der Waals surface area contributed by atoms with Crippen LogP contribution in [0.4, 0.5) is 5.69 Å². The number of nitro benzene ring substituents is 1.